The Morgan fingerprint density at radius 1 is 1.06 bits per heavy atom. The molecule has 0 aliphatic rings. The van der Waals surface area contributed by atoms with E-state index in [0.29, 0.717) is 6.42 Å². The molecule has 0 aromatic rings. The number of hydrogen-bond acceptors (Lipinski definition) is 2. The van der Waals surface area contributed by atoms with Gasteiger partial charge in [0.2, 0.25) is 5.91 Å². The van der Waals surface area contributed by atoms with Crippen molar-refractivity contribution in [2.75, 3.05) is 25.1 Å². The highest BCUT2D eigenvalue weighted by Gasteiger charge is 2.00. The molecule has 0 spiro atoms. The van der Waals surface area contributed by atoms with Crippen molar-refractivity contribution in [3.63, 3.8) is 0 Å². The first-order chi connectivity index (χ1) is 8.81. The van der Waals surface area contributed by atoms with Crippen molar-refractivity contribution < 1.29 is 9.53 Å². The summed E-state index contributed by atoms with van der Waals surface area (Å²) < 4.78 is 5.30. The number of halogens is 1. The lowest BCUT2D eigenvalue weighted by atomic mass is 10.1. The predicted octanol–water partition coefficient (Wildman–Crippen LogP) is 3.65. The van der Waals surface area contributed by atoms with Gasteiger partial charge < -0.3 is 10.1 Å². The second-order valence-corrected chi connectivity index (χ2v) is 5.32. The molecule has 0 aromatic heterocycles. The normalized spacial score (nSPS) is 10.6. The van der Waals surface area contributed by atoms with Gasteiger partial charge in [0.15, 0.2) is 0 Å². The van der Waals surface area contributed by atoms with Gasteiger partial charge in [-0.05, 0) is 12.8 Å². The summed E-state index contributed by atoms with van der Waals surface area (Å²) in [6.07, 6.45) is 8.95. The predicted molar refractivity (Wildman–Crippen MR) is 80.2 cm³/mol. The fourth-order valence-electron chi connectivity index (χ4n) is 1.71. The van der Waals surface area contributed by atoms with E-state index in [0.717, 1.165) is 37.9 Å². The number of carbonyl (C=O) groups is 1. The Kier molecular flexibility index (Phi) is 14.9. The van der Waals surface area contributed by atoms with E-state index in [1.807, 2.05) is 0 Å². The molecule has 0 atom stereocenters. The van der Waals surface area contributed by atoms with Gasteiger partial charge in [0.25, 0.3) is 0 Å². The topological polar surface area (TPSA) is 38.3 Å². The van der Waals surface area contributed by atoms with Gasteiger partial charge in [0.05, 0.1) is 6.61 Å². The second kappa shape index (κ2) is 15.0. The van der Waals surface area contributed by atoms with Crippen molar-refractivity contribution in [1.29, 1.82) is 0 Å². The summed E-state index contributed by atoms with van der Waals surface area (Å²) in [5.74, 6) is 0.186. The van der Waals surface area contributed by atoms with Gasteiger partial charge >= 0.3 is 0 Å². The molecule has 0 saturated carbocycles. The van der Waals surface area contributed by atoms with E-state index in [2.05, 4.69) is 28.2 Å². The Bertz CT molecular complexity index is 171. The summed E-state index contributed by atoms with van der Waals surface area (Å²) in [4.78, 5) is 11.5. The highest BCUT2D eigenvalue weighted by atomic mass is 79.9. The molecule has 1 amide bonds. The van der Waals surface area contributed by atoms with E-state index in [1.165, 1.54) is 32.1 Å². The first-order valence-electron chi connectivity index (χ1n) is 7.21. The highest BCUT2D eigenvalue weighted by Crippen LogP contribution is 2.06. The third-order valence-corrected chi connectivity index (χ3v) is 3.09. The van der Waals surface area contributed by atoms with Gasteiger partial charge in [0, 0.05) is 24.9 Å². The molecule has 1 N–H and O–H groups in total. The lowest BCUT2D eigenvalue weighted by molar-refractivity contribution is -0.121. The number of amides is 1. The molecular formula is C14H28BrNO2. The fourth-order valence-corrected chi connectivity index (χ4v) is 1.94. The van der Waals surface area contributed by atoms with Crippen LogP contribution in [0.1, 0.15) is 58.3 Å². The van der Waals surface area contributed by atoms with E-state index in [9.17, 15) is 4.79 Å². The van der Waals surface area contributed by atoms with Crippen LogP contribution in [-0.4, -0.2) is 31.0 Å². The largest absolute Gasteiger partial charge is 0.381 e. The SMILES string of the molecule is CCCCCCCCC(=O)NCCCOCCBr. The highest BCUT2D eigenvalue weighted by molar-refractivity contribution is 9.09. The standard InChI is InChI=1S/C14H28BrNO2/c1-2-3-4-5-6-7-9-14(17)16-11-8-12-18-13-10-15/h2-13H2,1H3,(H,16,17). The number of carbonyl (C=O) groups excluding carboxylic acids is 1. The Morgan fingerprint density at radius 2 is 1.78 bits per heavy atom. The molecule has 0 bridgehead atoms. The van der Waals surface area contributed by atoms with Crippen LogP contribution in [0.15, 0.2) is 0 Å². The second-order valence-electron chi connectivity index (χ2n) is 4.52. The summed E-state index contributed by atoms with van der Waals surface area (Å²) in [7, 11) is 0. The summed E-state index contributed by atoms with van der Waals surface area (Å²) in [6, 6.07) is 0. The van der Waals surface area contributed by atoms with Crippen molar-refractivity contribution in [3.8, 4) is 0 Å². The lowest BCUT2D eigenvalue weighted by Gasteiger charge is -2.05. The molecular weight excluding hydrogens is 294 g/mol. The molecule has 0 aromatic carbocycles. The molecule has 0 rings (SSSR count). The smallest absolute Gasteiger partial charge is 0.219 e. The first kappa shape index (κ1) is 17.9. The van der Waals surface area contributed by atoms with Crippen LogP contribution in [-0.2, 0) is 9.53 Å². The van der Waals surface area contributed by atoms with Gasteiger partial charge in [-0.2, -0.15) is 0 Å². The Balaban J connectivity index is 3.12. The summed E-state index contributed by atoms with van der Waals surface area (Å²) in [6.45, 7) is 4.42. The number of unbranched alkanes of at least 4 members (excludes halogenated alkanes) is 5. The molecule has 0 radical (unpaired) electrons. The van der Waals surface area contributed by atoms with Crippen LogP contribution in [0.5, 0.6) is 0 Å². The zero-order valence-electron chi connectivity index (χ0n) is 11.7. The van der Waals surface area contributed by atoms with E-state index >= 15 is 0 Å². The molecule has 4 heteroatoms. The number of ether oxygens (including phenoxy) is 1. The quantitative estimate of drug-likeness (QED) is 0.415. The molecule has 0 unspecified atom stereocenters. The molecule has 3 nitrogen and oxygen atoms in total. The third kappa shape index (κ3) is 14.0. The number of nitrogens with one attached hydrogen (secondary N) is 1. The van der Waals surface area contributed by atoms with Crippen LogP contribution in [0.4, 0.5) is 0 Å². The Hall–Kier alpha value is -0.0900. The molecule has 0 aliphatic carbocycles. The third-order valence-electron chi connectivity index (χ3n) is 2.77. The molecule has 0 heterocycles. The van der Waals surface area contributed by atoms with Crippen LogP contribution in [0.3, 0.4) is 0 Å². The molecule has 108 valence electrons. The van der Waals surface area contributed by atoms with Crippen LogP contribution >= 0.6 is 15.9 Å². The maximum atomic E-state index is 11.5. The van der Waals surface area contributed by atoms with E-state index in [1.54, 1.807) is 0 Å². The van der Waals surface area contributed by atoms with Crippen LogP contribution < -0.4 is 5.32 Å². The maximum absolute atomic E-state index is 11.5. The zero-order valence-corrected chi connectivity index (χ0v) is 13.3. The van der Waals surface area contributed by atoms with Gasteiger partial charge in [-0.15, -0.1) is 0 Å². The van der Waals surface area contributed by atoms with Crippen molar-refractivity contribution in [2.45, 2.75) is 58.3 Å². The van der Waals surface area contributed by atoms with E-state index in [-0.39, 0.29) is 5.91 Å². The first-order valence-corrected chi connectivity index (χ1v) is 8.33. The summed E-state index contributed by atoms with van der Waals surface area (Å²) in [5, 5.41) is 3.80. The number of hydrogen-bond donors (Lipinski definition) is 1. The van der Waals surface area contributed by atoms with Crippen LogP contribution in [0.25, 0.3) is 0 Å². The Morgan fingerprint density at radius 3 is 2.50 bits per heavy atom. The van der Waals surface area contributed by atoms with Gasteiger partial charge in [-0.25, -0.2) is 0 Å². The summed E-state index contributed by atoms with van der Waals surface area (Å²) in [5.41, 5.74) is 0. The number of alkyl halides is 1. The molecule has 0 aliphatic heterocycles. The van der Waals surface area contributed by atoms with E-state index in [4.69, 9.17) is 4.74 Å². The van der Waals surface area contributed by atoms with Crippen LogP contribution in [0, 0.1) is 0 Å². The lowest BCUT2D eigenvalue weighted by Crippen LogP contribution is -2.24. The average molecular weight is 322 g/mol. The minimum atomic E-state index is 0.186. The fraction of sp³-hybridized carbons (Fsp3) is 0.929. The van der Waals surface area contributed by atoms with Crippen molar-refractivity contribution >= 4 is 21.8 Å². The average Bonchev–Trinajstić information content (AvgIpc) is 2.38. The van der Waals surface area contributed by atoms with Gasteiger partial charge in [0.1, 0.15) is 0 Å². The van der Waals surface area contributed by atoms with Crippen molar-refractivity contribution in [1.82, 2.24) is 5.32 Å². The zero-order chi connectivity index (χ0) is 13.5. The maximum Gasteiger partial charge on any atom is 0.219 e. The van der Waals surface area contributed by atoms with Crippen molar-refractivity contribution in [3.05, 3.63) is 0 Å². The minimum absolute atomic E-state index is 0.186. The van der Waals surface area contributed by atoms with Crippen molar-refractivity contribution in [2.24, 2.45) is 0 Å². The van der Waals surface area contributed by atoms with Crippen LogP contribution in [0.2, 0.25) is 0 Å². The minimum Gasteiger partial charge on any atom is -0.381 e. The van der Waals surface area contributed by atoms with E-state index < -0.39 is 0 Å². The van der Waals surface area contributed by atoms with Gasteiger partial charge in [-0.3, -0.25) is 4.79 Å². The Labute approximate surface area is 120 Å². The molecule has 0 saturated heterocycles. The summed E-state index contributed by atoms with van der Waals surface area (Å²) >= 11 is 3.30. The van der Waals surface area contributed by atoms with Gasteiger partial charge in [-0.1, -0.05) is 55.0 Å². The molecule has 0 fully saturated rings. The number of rotatable bonds is 13. The monoisotopic (exact) mass is 321 g/mol. The molecule has 18 heavy (non-hydrogen) atoms.